The number of piperazine rings is 1. The number of pyridine rings is 1. The molecule has 3 N–H and O–H groups in total. The second-order valence-electron chi connectivity index (χ2n) is 12.1. The Hall–Kier alpha value is -4.31. The number of ether oxygens (including phenoxy) is 1. The van der Waals surface area contributed by atoms with Crippen molar-refractivity contribution in [2.24, 2.45) is 0 Å². The maximum Gasteiger partial charge on any atom is 0.410 e. The molecule has 0 aliphatic carbocycles. The van der Waals surface area contributed by atoms with Crippen LogP contribution in [-0.4, -0.2) is 78.1 Å². The highest BCUT2D eigenvalue weighted by Gasteiger charge is 2.44. The monoisotopic (exact) mass is 630 g/mol. The molecular weight excluding hydrogens is 592 g/mol. The van der Waals surface area contributed by atoms with Crippen molar-refractivity contribution in [3.05, 3.63) is 82.6 Å². The maximum atomic E-state index is 14.0. The van der Waals surface area contributed by atoms with Crippen LogP contribution in [-0.2, 0) is 32.6 Å². The predicted molar refractivity (Wildman–Crippen MR) is 174 cm³/mol. The third-order valence-electron chi connectivity index (χ3n) is 9.46. The van der Waals surface area contributed by atoms with Crippen LogP contribution in [0, 0.1) is 0 Å². The van der Waals surface area contributed by atoms with Gasteiger partial charge in [0.2, 0.25) is 5.91 Å². The Bertz CT molecular complexity index is 1570. The number of nitrogens with two attached hydrogens (primary N) is 1. The van der Waals surface area contributed by atoms with E-state index in [0.717, 1.165) is 28.1 Å². The van der Waals surface area contributed by atoms with E-state index in [1.165, 1.54) is 0 Å². The zero-order chi connectivity index (χ0) is 31.6. The van der Waals surface area contributed by atoms with Crippen LogP contribution < -0.4 is 16.0 Å². The third kappa shape index (κ3) is 6.42. The van der Waals surface area contributed by atoms with E-state index < -0.39 is 12.2 Å². The van der Waals surface area contributed by atoms with E-state index in [4.69, 9.17) is 22.1 Å². The van der Waals surface area contributed by atoms with Gasteiger partial charge in [0.1, 0.15) is 0 Å². The minimum Gasteiger partial charge on any atom is -0.436 e. The number of rotatable bonds is 6. The molecule has 45 heavy (non-hydrogen) atoms. The molecule has 0 radical (unpaired) electrons. The van der Waals surface area contributed by atoms with Gasteiger partial charge in [-0.2, -0.15) is 0 Å². The first-order chi connectivity index (χ1) is 21.8. The summed E-state index contributed by atoms with van der Waals surface area (Å²) in [6, 6.07) is 15.5. The molecule has 11 heteroatoms. The number of hydrogen-bond donors (Lipinski definition) is 2. The van der Waals surface area contributed by atoms with Crippen molar-refractivity contribution < 1.29 is 19.1 Å². The number of para-hydroxylation sites is 1. The molecule has 236 valence electrons. The van der Waals surface area contributed by atoms with Gasteiger partial charge in [0, 0.05) is 81.3 Å². The molecule has 0 saturated carbocycles. The molecule has 2 saturated heterocycles. The summed E-state index contributed by atoms with van der Waals surface area (Å²) in [7, 11) is 0. The first-order valence-corrected chi connectivity index (χ1v) is 16.0. The quantitative estimate of drug-likeness (QED) is 0.380. The molecule has 1 spiro atoms. The summed E-state index contributed by atoms with van der Waals surface area (Å²) < 4.78 is 6.05. The van der Waals surface area contributed by atoms with E-state index in [9.17, 15) is 14.4 Å². The van der Waals surface area contributed by atoms with E-state index >= 15 is 0 Å². The Morgan fingerprint density at radius 1 is 1.02 bits per heavy atom. The Morgan fingerprint density at radius 2 is 1.73 bits per heavy atom. The Morgan fingerprint density at radius 3 is 2.44 bits per heavy atom. The maximum absolute atomic E-state index is 14.0. The second kappa shape index (κ2) is 13.0. The molecule has 3 amide bonds. The van der Waals surface area contributed by atoms with Crippen LogP contribution in [0.5, 0.6) is 0 Å². The van der Waals surface area contributed by atoms with Crippen LogP contribution in [0.1, 0.15) is 42.9 Å². The number of anilines is 3. The summed E-state index contributed by atoms with van der Waals surface area (Å²) >= 11 is 6.45. The fraction of sp³-hybridized carbons (Fsp3) is 0.412. The number of nitrogens with zero attached hydrogens (tertiary/aromatic N) is 4. The number of benzene rings is 2. The number of aromatic nitrogens is 1. The average Bonchev–Trinajstić information content (AvgIpc) is 3.06. The van der Waals surface area contributed by atoms with Gasteiger partial charge >= 0.3 is 6.09 Å². The minimum absolute atomic E-state index is 0.00646. The lowest BCUT2D eigenvalue weighted by molar-refractivity contribution is -0.141. The van der Waals surface area contributed by atoms with Crippen LogP contribution in [0.4, 0.5) is 21.9 Å². The number of piperidine rings is 1. The summed E-state index contributed by atoms with van der Waals surface area (Å²) in [5, 5.41) is 3.40. The van der Waals surface area contributed by atoms with Gasteiger partial charge in [-0.1, -0.05) is 42.8 Å². The van der Waals surface area contributed by atoms with Crippen LogP contribution in [0.3, 0.4) is 0 Å². The van der Waals surface area contributed by atoms with E-state index in [1.54, 1.807) is 28.3 Å². The number of nitrogen functional groups attached to an aromatic ring is 1. The molecule has 3 aliphatic heterocycles. The summed E-state index contributed by atoms with van der Waals surface area (Å²) in [6.45, 7) is 5.19. The van der Waals surface area contributed by atoms with Gasteiger partial charge in [-0.3, -0.25) is 14.6 Å². The minimum atomic E-state index is -1.02. The van der Waals surface area contributed by atoms with Crippen LogP contribution in [0.25, 0.3) is 0 Å². The zero-order valence-electron chi connectivity index (χ0n) is 25.5. The first kappa shape index (κ1) is 30.7. The fourth-order valence-electron chi connectivity index (χ4n) is 6.90. The number of halogens is 1. The molecule has 4 heterocycles. The molecule has 1 aromatic heterocycles. The Balaban J connectivity index is 1.17. The fourth-order valence-corrected chi connectivity index (χ4v) is 7.16. The number of carbonyl (C=O) groups excluding carboxylic acids is 3. The van der Waals surface area contributed by atoms with Crippen LogP contribution in [0.15, 0.2) is 60.9 Å². The van der Waals surface area contributed by atoms with E-state index in [-0.39, 0.29) is 23.7 Å². The molecule has 3 aromatic rings. The van der Waals surface area contributed by atoms with Gasteiger partial charge in [0.15, 0.2) is 6.10 Å². The summed E-state index contributed by atoms with van der Waals surface area (Å²) in [5.41, 5.74) is 11.1. The predicted octanol–water partition coefficient (Wildman–Crippen LogP) is 4.65. The number of hydrogen-bond acceptors (Lipinski definition) is 7. The van der Waals surface area contributed by atoms with Gasteiger partial charge in [-0.25, -0.2) is 4.79 Å². The smallest absolute Gasteiger partial charge is 0.410 e. The summed E-state index contributed by atoms with van der Waals surface area (Å²) in [5.74, 6) is -0.233. The summed E-state index contributed by atoms with van der Waals surface area (Å²) in [6.07, 6.45) is 4.50. The largest absolute Gasteiger partial charge is 0.436 e. The zero-order valence-corrected chi connectivity index (χ0v) is 26.3. The molecule has 10 nitrogen and oxygen atoms in total. The van der Waals surface area contributed by atoms with Crippen molar-refractivity contribution in [1.82, 2.24) is 14.8 Å². The van der Waals surface area contributed by atoms with Crippen molar-refractivity contribution in [3.63, 3.8) is 0 Å². The van der Waals surface area contributed by atoms with Crippen molar-refractivity contribution >= 4 is 46.6 Å². The average molecular weight is 631 g/mol. The van der Waals surface area contributed by atoms with Gasteiger partial charge in [0.05, 0.1) is 10.7 Å². The molecule has 3 aliphatic rings. The van der Waals surface area contributed by atoms with Crippen molar-refractivity contribution in [3.8, 4) is 0 Å². The van der Waals surface area contributed by atoms with Crippen molar-refractivity contribution in [2.75, 3.05) is 55.2 Å². The molecule has 6 rings (SSSR count). The van der Waals surface area contributed by atoms with E-state index in [2.05, 4.69) is 21.3 Å². The van der Waals surface area contributed by atoms with E-state index in [1.807, 2.05) is 43.3 Å². The Labute approximate surface area is 268 Å². The number of carbonyl (C=O) groups is 3. The number of nitrogens with one attached hydrogen (secondary N) is 1. The van der Waals surface area contributed by atoms with Gasteiger partial charge < -0.3 is 30.5 Å². The van der Waals surface area contributed by atoms with E-state index in [0.29, 0.717) is 75.7 Å². The number of likely N-dealkylation sites (tertiary alicyclic amines) is 1. The molecule has 0 unspecified atom stereocenters. The molecule has 0 bridgehead atoms. The molecular formula is C34H39ClN6O4. The topological polar surface area (TPSA) is 121 Å². The number of fused-ring (bicyclic) bond motifs is 2. The second-order valence-corrected chi connectivity index (χ2v) is 12.5. The van der Waals surface area contributed by atoms with Gasteiger partial charge in [0.25, 0.3) is 5.91 Å². The highest BCUT2D eigenvalue weighted by atomic mass is 35.5. The highest BCUT2D eigenvalue weighted by Crippen LogP contribution is 2.45. The van der Waals surface area contributed by atoms with Crippen LogP contribution in [0.2, 0.25) is 5.02 Å². The third-order valence-corrected chi connectivity index (χ3v) is 9.78. The molecule has 2 fully saturated rings. The Kier molecular flexibility index (Phi) is 8.85. The molecule has 1 atom stereocenters. The lowest BCUT2D eigenvalue weighted by atomic mass is 9.68. The van der Waals surface area contributed by atoms with Crippen LogP contribution >= 0.6 is 11.6 Å². The normalized spacial score (nSPS) is 18.3. The standard InChI is InChI=1S/C34H39ClN6O4/c1-2-24-19-23(20-27(35)31(24)36)21-29(32(43)40-17-15-39(16-18-40)25-7-11-37-12-8-25)45-33(44)41-13-9-34(10-14-41)22-30(42)38-28-6-4-3-5-26(28)34/h3-8,11-12,19-20,29H,2,9-10,13-18,21-22,36H2,1H3,(H,38,42)/t29-/m1/s1. The van der Waals surface area contributed by atoms with Crippen molar-refractivity contribution in [1.29, 1.82) is 0 Å². The van der Waals surface area contributed by atoms with Gasteiger partial charge in [-0.05, 0) is 60.2 Å². The molecule has 2 aromatic carbocycles. The van der Waals surface area contributed by atoms with Crippen molar-refractivity contribution in [2.45, 2.75) is 50.5 Å². The summed E-state index contributed by atoms with van der Waals surface area (Å²) in [4.78, 5) is 49.9. The SMILES string of the molecule is CCc1cc(C[C@@H](OC(=O)N2CCC3(CC2)CC(=O)Nc2ccccc23)C(=O)N2CCN(c3ccncc3)CC2)cc(Cl)c1N. The number of aryl methyl sites for hydroxylation is 1. The van der Waals surface area contributed by atoms with Gasteiger partial charge in [-0.15, -0.1) is 0 Å². The first-order valence-electron chi connectivity index (χ1n) is 15.6. The number of amides is 3. The highest BCUT2D eigenvalue weighted by molar-refractivity contribution is 6.33. The lowest BCUT2D eigenvalue weighted by Crippen LogP contribution is -2.54. The lowest BCUT2D eigenvalue weighted by Gasteiger charge is -2.44.